The fourth-order valence-corrected chi connectivity index (χ4v) is 3.50. The Morgan fingerprint density at radius 1 is 1.08 bits per heavy atom. The summed E-state index contributed by atoms with van der Waals surface area (Å²) in [6.07, 6.45) is 0. The van der Waals surface area contributed by atoms with E-state index in [1.165, 1.54) is 23.5 Å². The van der Waals surface area contributed by atoms with Crippen molar-refractivity contribution in [3.8, 4) is 0 Å². The van der Waals surface area contributed by atoms with Gasteiger partial charge in [0, 0.05) is 18.7 Å². The van der Waals surface area contributed by atoms with Gasteiger partial charge in [-0.15, -0.1) is 0 Å². The van der Waals surface area contributed by atoms with Crippen LogP contribution in [-0.2, 0) is 10.0 Å². The lowest BCUT2D eigenvalue weighted by molar-refractivity contribution is 0.0943. The quantitative estimate of drug-likeness (QED) is 0.905. The lowest BCUT2D eigenvalue weighted by atomic mass is 10.2. The number of amides is 1. The van der Waals surface area contributed by atoms with E-state index in [-0.39, 0.29) is 16.8 Å². The van der Waals surface area contributed by atoms with Gasteiger partial charge >= 0.3 is 0 Å². The van der Waals surface area contributed by atoms with Gasteiger partial charge in [0.2, 0.25) is 0 Å². The molecular formula is C18H22N2O3S. The molecule has 0 bridgehead atoms. The molecule has 2 rings (SSSR count). The van der Waals surface area contributed by atoms with Crippen molar-refractivity contribution in [2.45, 2.75) is 31.7 Å². The van der Waals surface area contributed by atoms with E-state index in [4.69, 9.17) is 0 Å². The SMILES string of the molecule is Cc1cccc(N(C)S(=O)(=O)c2cccc(C(=O)NC(C)C)c2)c1. The minimum Gasteiger partial charge on any atom is -0.350 e. The maximum absolute atomic E-state index is 12.8. The molecular weight excluding hydrogens is 324 g/mol. The summed E-state index contributed by atoms with van der Waals surface area (Å²) >= 11 is 0. The average molecular weight is 346 g/mol. The molecule has 1 N–H and O–H groups in total. The highest BCUT2D eigenvalue weighted by molar-refractivity contribution is 7.92. The molecule has 0 aliphatic carbocycles. The van der Waals surface area contributed by atoms with Crippen LogP contribution in [0.4, 0.5) is 5.69 Å². The van der Waals surface area contributed by atoms with Gasteiger partial charge in [0.1, 0.15) is 0 Å². The molecule has 0 atom stereocenters. The third kappa shape index (κ3) is 3.94. The number of benzene rings is 2. The molecule has 0 aliphatic heterocycles. The van der Waals surface area contributed by atoms with Crippen LogP contribution < -0.4 is 9.62 Å². The summed E-state index contributed by atoms with van der Waals surface area (Å²) in [6, 6.07) is 13.3. The van der Waals surface area contributed by atoms with E-state index in [0.29, 0.717) is 11.3 Å². The van der Waals surface area contributed by atoms with E-state index in [2.05, 4.69) is 5.32 Å². The Balaban J connectivity index is 2.37. The third-order valence-corrected chi connectivity index (χ3v) is 5.32. The second kappa shape index (κ2) is 7.05. The minimum atomic E-state index is -3.74. The number of aryl methyl sites for hydroxylation is 1. The Morgan fingerprint density at radius 3 is 2.38 bits per heavy atom. The van der Waals surface area contributed by atoms with Crippen LogP contribution in [0, 0.1) is 6.92 Å². The fourth-order valence-electron chi connectivity index (χ4n) is 2.26. The maximum Gasteiger partial charge on any atom is 0.264 e. The topological polar surface area (TPSA) is 66.5 Å². The average Bonchev–Trinajstić information content (AvgIpc) is 2.53. The Labute approximate surface area is 143 Å². The number of rotatable bonds is 5. The van der Waals surface area contributed by atoms with E-state index >= 15 is 0 Å². The number of hydrogen-bond acceptors (Lipinski definition) is 3. The van der Waals surface area contributed by atoms with Gasteiger partial charge in [-0.25, -0.2) is 8.42 Å². The Bertz CT molecular complexity index is 845. The van der Waals surface area contributed by atoms with Gasteiger partial charge in [-0.3, -0.25) is 9.10 Å². The number of nitrogens with zero attached hydrogens (tertiary/aromatic N) is 1. The fraction of sp³-hybridized carbons (Fsp3) is 0.278. The highest BCUT2D eigenvalue weighted by Crippen LogP contribution is 2.23. The van der Waals surface area contributed by atoms with E-state index in [9.17, 15) is 13.2 Å². The Kier molecular flexibility index (Phi) is 5.29. The predicted octanol–water partition coefficient (Wildman–Crippen LogP) is 2.96. The molecule has 0 aromatic heterocycles. The summed E-state index contributed by atoms with van der Waals surface area (Å²) < 4.78 is 26.9. The van der Waals surface area contributed by atoms with E-state index in [1.807, 2.05) is 32.9 Å². The summed E-state index contributed by atoms with van der Waals surface area (Å²) in [6.45, 7) is 5.61. The minimum absolute atomic E-state index is 0.0206. The van der Waals surface area contributed by atoms with Crippen molar-refractivity contribution < 1.29 is 13.2 Å². The second-order valence-electron chi connectivity index (χ2n) is 5.97. The molecule has 24 heavy (non-hydrogen) atoms. The second-order valence-corrected chi connectivity index (χ2v) is 7.94. The summed E-state index contributed by atoms with van der Waals surface area (Å²) in [7, 11) is -2.24. The molecule has 0 fully saturated rings. The van der Waals surface area contributed by atoms with Crippen LogP contribution in [0.25, 0.3) is 0 Å². The lowest BCUT2D eigenvalue weighted by Gasteiger charge is -2.20. The molecule has 0 saturated heterocycles. The van der Waals surface area contributed by atoms with Crippen LogP contribution in [0.15, 0.2) is 53.4 Å². The van der Waals surface area contributed by atoms with E-state index in [1.54, 1.807) is 24.3 Å². The van der Waals surface area contributed by atoms with Crippen molar-refractivity contribution in [3.05, 3.63) is 59.7 Å². The Hall–Kier alpha value is -2.34. The van der Waals surface area contributed by atoms with Crippen LogP contribution in [0.3, 0.4) is 0 Å². The van der Waals surface area contributed by atoms with Gasteiger partial charge in [0.15, 0.2) is 0 Å². The van der Waals surface area contributed by atoms with Gasteiger partial charge in [0.25, 0.3) is 15.9 Å². The number of sulfonamides is 1. The van der Waals surface area contributed by atoms with Gasteiger partial charge in [-0.2, -0.15) is 0 Å². The highest BCUT2D eigenvalue weighted by atomic mass is 32.2. The van der Waals surface area contributed by atoms with Crippen molar-refractivity contribution in [2.24, 2.45) is 0 Å². The first kappa shape index (κ1) is 18.0. The summed E-state index contributed by atoms with van der Waals surface area (Å²) in [5.74, 6) is -0.291. The predicted molar refractivity (Wildman–Crippen MR) is 95.8 cm³/mol. The molecule has 2 aromatic carbocycles. The van der Waals surface area contributed by atoms with Crippen LogP contribution in [0.1, 0.15) is 29.8 Å². The van der Waals surface area contributed by atoms with Crippen molar-refractivity contribution in [2.75, 3.05) is 11.4 Å². The number of nitrogens with one attached hydrogen (secondary N) is 1. The van der Waals surface area contributed by atoms with Crippen molar-refractivity contribution in [1.29, 1.82) is 0 Å². The van der Waals surface area contributed by atoms with Gasteiger partial charge < -0.3 is 5.32 Å². The van der Waals surface area contributed by atoms with Crippen molar-refractivity contribution >= 4 is 21.6 Å². The van der Waals surface area contributed by atoms with Gasteiger partial charge in [-0.05, 0) is 56.7 Å². The standard InChI is InChI=1S/C18H22N2O3S/c1-13(2)19-18(21)15-8-6-10-17(12-15)24(22,23)20(4)16-9-5-7-14(3)11-16/h5-13H,1-4H3,(H,19,21). The monoisotopic (exact) mass is 346 g/mol. The molecule has 0 saturated carbocycles. The Morgan fingerprint density at radius 2 is 1.75 bits per heavy atom. The largest absolute Gasteiger partial charge is 0.350 e. The van der Waals surface area contributed by atoms with Crippen LogP contribution in [0.5, 0.6) is 0 Å². The molecule has 5 nitrogen and oxygen atoms in total. The van der Waals surface area contributed by atoms with E-state index < -0.39 is 10.0 Å². The first-order valence-corrected chi connectivity index (χ1v) is 9.12. The normalized spacial score (nSPS) is 11.4. The van der Waals surface area contributed by atoms with Crippen LogP contribution >= 0.6 is 0 Å². The first-order chi connectivity index (χ1) is 11.2. The number of carbonyl (C=O) groups is 1. The van der Waals surface area contributed by atoms with Crippen LogP contribution in [-0.4, -0.2) is 27.4 Å². The summed E-state index contributed by atoms with van der Waals surface area (Å²) in [4.78, 5) is 12.2. The first-order valence-electron chi connectivity index (χ1n) is 7.68. The zero-order valence-corrected chi connectivity index (χ0v) is 15.1. The smallest absolute Gasteiger partial charge is 0.264 e. The molecule has 6 heteroatoms. The van der Waals surface area contributed by atoms with Crippen molar-refractivity contribution in [3.63, 3.8) is 0 Å². The van der Waals surface area contributed by atoms with Gasteiger partial charge in [0.05, 0.1) is 10.6 Å². The van der Waals surface area contributed by atoms with Crippen molar-refractivity contribution in [1.82, 2.24) is 5.32 Å². The maximum atomic E-state index is 12.8. The van der Waals surface area contributed by atoms with Crippen LogP contribution in [0.2, 0.25) is 0 Å². The zero-order chi connectivity index (χ0) is 17.9. The number of anilines is 1. The molecule has 2 aromatic rings. The molecule has 0 radical (unpaired) electrons. The molecule has 1 amide bonds. The molecule has 0 unspecified atom stereocenters. The number of hydrogen-bond donors (Lipinski definition) is 1. The summed E-state index contributed by atoms with van der Waals surface area (Å²) in [5, 5.41) is 2.76. The molecule has 0 heterocycles. The highest BCUT2D eigenvalue weighted by Gasteiger charge is 2.22. The third-order valence-electron chi connectivity index (χ3n) is 3.54. The molecule has 0 spiro atoms. The summed E-state index contributed by atoms with van der Waals surface area (Å²) in [5.41, 5.74) is 1.87. The molecule has 128 valence electrons. The number of carbonyl (C=O) groups excluding carboxylic acids is 1. The van der Waals surface area contributed by atoms with Gasteiger partial charge in [-0.1, -0.05) is 18.2 Å². The van der Waals surface area contributed by atoms with E-state index in [0.717, 1.165) is 5.56 Å². The lowest BCUT2D eigenvalue weighted by Crippen LogP contribution is -2.30. The zero-order valence-electron chi connectivity index (χ0n) is 14.3. The molecule has 0 aliphatic rings.